The third kappa shape index (κ3) is 3.69. The van der Waals surface area contributed by atoms with Crippen LogP contribution in [-0.2, 0) is 4.43 Å². The minimum Gasteiger partial charge on any atom is -0.543 e. The van der Waals surface area contributed by atoms with Gasteiger partial charge in [0.15, 0.2) is 0 Å². The van der Waals surface area contributed by atoms with Crippen LogP contribution in [0, 0.1) is 22.2 Å². The number of benzene rings is 1. The molecule has 3 rings (SSSR count). The Morgan fingerprint density at radius 1 is 1.07 bits per heavy atom. The maximum absolute atomic E-state index is 10.3. The minimum atomic E-state index is -1.97. The lowest BCUT2D eigenvalue weighted by molar-refractivity contribution is 0.0240. The lowest BCUT2D eigenvalue weighted by atomic mass is 9.50. The van der Waals surface area contributed by atoms with Crippen molar-refractivity contribution >= 4 is 14.1 Å². The van der Waals surface area contributed by atoms with Crippen LogP contribution in [0.3, 0.4) is 0 Å². The summed E-state index contributed by atoms with van der Waals surface area (Å²) >= 11 is 0. The van der Waals surface area contributed by atoms with E-state index in [1.54, 1.807) is 0 Å². The molecule has 0 heterocycles. The highest BCUT2D eigenvalue weighted by Gasteiger charge is 2.53. The lowest BCUT2D eigenvalue weighted by Crippen LogP contribution is -2.45. The number of nitriles is 1. The average molecular weight is 396 g/mol. The van der Waals surface area contributed by atoms with Crippen LogP contribution in [0.4, 0.5) is 0 Å². The van der Waals surface area contributed by atoms with Crippen LogP contribution >= 0.6 is 0 Å². The molecule has 2 aliphatic carbocycles. The van der Waals surface area contributed by atoms with Gasteiger partial charge >= 0.3 is 0 Å². The van der Waals surface area contributed by atoms with E-state index in [-0.39, 0.29) is 15.9 Å². The molecule has 0 radical (unpaired) electrons. The SMILES string of the molecule is CC(C)(C)[Si](C)(C)O/C(=C1/CC[C@@]2(C)CCCC[C@]2(C#N)C1)c1ccccc1. The molecule has 0 unspecified atom stereocenters. The van der Waals surface area contributed by atoms with Gasteiger partial charge in [0.1, 0.15) is 5.76 Å². The zero-order valence-electron chi connectivity index (χ0n) is 18.7. The molecule has 1 aromatic rings. The third-order valence-electron chi connectivity index (χ3n) is 7.97. The normalized spacial score (nSPS) is 30.2. The van der Waals surface area contributed by atoms with Crippen molar-refractivity contribution < 1.29 is 4.43 Å². The van der Waals surface area contributed by atoms with Crippen LogP contribution in [0.25, 0.3) is 5.76 Å². The topological polar surface area (TPSA) is 33.0 Å². The highest BCUT2D eigenvalue weighted by molar-refractivity contribution is 6.74. The van der Waals surface area contributed by atoms with E-state index in [9.17, 15) is 5.26 Å². The van der Waals surface area contributed by atoms with E-state index in [4.69, 9.17) is 4.43 Å². The molecule has 0 spiro atoms. The largest absolute Gasteiger partial charge is 0.543 e. The summed E-state index contributed by atoms with van der Waals surface area (Å²) in [7, 11) is -1.97. The highest BCUT2D eigenvalue weighted by atomic mass is 28.4. The molecular formula is C25H37NOSi. The Bertz CT molecular complexity index is 783. The van der Waals surface area contributed by atoms with Gasteiger partial charge in [-0.1, -0.05) is 70.9 Å². The Kier molecular flexibility index (Phi) is 5.58. The van der Waals surface area contributed by atoms with Crippen molar-refractivity contribution in [3.8, 4) is 6.07 Å². The molecule has 0 aliphatic heterocycles. The first kappa shape index (κ1) is 21.2. The van der Waals surface area contributed by atoms with Gasteiger partial charge in [0.25, 0.3) is 8.32 Å². The Morgan fingerprint density at radius 3 is 2.32 bits per heavy atom. The summed E-state index contributed by atoms with van der Waals surface area (Å²) in [4.78, 5) is 0. The summed E-state index contributed by atoms with van der Waals surface area (Å²) < 4.78 is 6.94. The van der Waals surface area contributed by atoms with Gasteiger partial charge in [-0.05, 0) is 61.2 Å². The molecule has 0 N–H and O–H groups in total. The maximum atomic E-state index is 10.3. The molecule has 2 aliphatic rings. The number of hydrogen-bond donors (Lipinski definition) is 0. The van der Waals surface area contributed by atoms with Gasteiger partial charge < -0.3 is 4.43 Å². The van der Waals surface area contributed by atoms with Crippen molar-refractivity contribution in [3.63, 3.8) is 0 Å². The first-order valence-corrected chi connectivity index (χ1v) is 13.8. The van der Waals surface area contributed by atoms with E-state index >= 15 is 0 Å². The van der Waals surface area contributed by atoms with Gasteiger partial charge in [0.2, 0.25) is 0 Å². The molecule has 1 aromatic carbocycles. The Hall–Kier alpha value is -1.53. The van der Waals surface area contributed by atoms with E-state index in [1.165, 1.54) is 30.4 Å². The van der Waals surface area contributed by atoms with Crippen molar-refractivity contribution in [3.05, 3.63) is 41.5 Å². The summed E-state index contributed by atoms with van der Waals surface area (Å²) in [5.41, 5.74) is 2.48. The van der Waals surface area contributed by atoms with Crippen molar-refractivity contribution in [2.24, 2.45) is 10.8 Å². The van der Waals surface area contributed by atoms with Gasteiger partial charge in [0.05, 0.1) is 11.5 Å². The van der Waals surface area contributed by atoms with Crippen molar-refractivity contribution in [2.45, 2.75) is 90.8 Å². The third-order valence-corrected chi connectivity index (χ3v) is 12.3. The number of nitrogens with zero attached hydrogens (tertiary/aromatic N) is 1. The molecule has 2 saturated carbocycles. The Morgan fingerprint density at radius 2 is 1.71 bits per heavy atom. The van der Waals surface area contributed by atoms with Gasteiger partial charge in [-0.3, -0.25) is 0 Å². The van der Waals surface area contributed by atoms with Crippen LogP contribution in [0.15, 0.2) is 35.9 Å². The second kappa shape index (κ2) is 7.37. The van der Waals surface area contributed by atoms with Crippen molar-refractivity contribution in [1.82, 2.24) is 0 Å². The lowest BCUT2D eigenvalue weighted by Gasteiger charge is -2.52. The molecular weight excluding hydrogens is 358 g/mol. The number of hydrogen-bond acceptors (Lipinski definition) is 2. The summed E-state index contributed by atoms with van der Waals surface area (Å²) in [6.07, 6.45) is 7.71. The standard InChI is InChI=1S/C25H37NOSi/c1-23(2,3)28(5,6)27-22(20-12-8-7-9-13-20)21-14-17-24(4)15-10-11-16-25(24,18-21)19-26/h7-9,12-13H,10-11,14-18H2,1-6H3/b22-21-/t24-,25-/m1/s1. The second-order valence-corrected chi connectivity index (χ2v) is 15.5. The summed E-state index contributed by atoms with van der Waals surface area (Å²) in [6.45, 7) is 13.9. The van der Waals surface area contributed by atoms with Gasteiger partial charge in [0, 0.05) is 5.56 Å². The van der Waals surface area contributed by atoms with E-state index in [1.807, 2.05) is 0 Å². The van der Waals surface area contributed by atoms with Gasteiger partial charge in [-0.25, -0.2) is 0 Å². The Balaban J connectivity index is 2.07. The first-order valence-electron chi connectivity index (χ1n) is 10.9. The average Bonchev–Trinajstić information content (AvgIpc) is 2.65. The molecule has 0 aromatic heterocycles. The van der Waals surface area contributed by atoms with Crippen molar-refractivity contribution in [2.75, 3.05) is 0 Å². The second-order valence-electron chi connectivity index (χ2n) is 10.8. The Labute approximate surface area is 173 Å². The van der Waals surface area contributed by atoms with E-state index in [0.717, 1.165) is 31.4 Å². The van der Waals surface area contributed by atoms with E-state index < -0.39 is 8.32 Å². The predicted octanol–water partition coefficient (Wildman–Crippen LogP) is 7.69. The van der Waals surface area contributed by atoms with Crippen LogP contribution < -0.4 is 0 Å². The number of allylic oxidation sites excluding steroid dienone is 1. The maximum Gasteiger partial charge on any atom is 0.250 e. The molecule has 0 saturated heterocycles. The van der Waals surface area contributed by atoms with Crippen LogP contribution in [0.5, 0.6) is 0 Å². The minimum absolute atomic E-state index is 0.147. The smallest absolute Gasteiger partial charge is 0.250 e. The van der Waals surface area contributed by atoms with Gasteiger partial charge in [-0.15, -0.1) is 0 Å². The molecule has 0 amide bonds. The molecule has 28 heavy (non-hydrogen) atoms. The fourth-order valence-electron chi connectivity index (χ4n) is 4.79. The number of rotatable bonds is 3. The quantitative estimate of drug-likeness (QED) is 0.388. The highest BCUT2D eigenvalue weighted by Crippen LogP contribution is 2.60. The molecule has 3 heteroatoms. The fourth-order valence-corrected chi connectivity index (χ4v) is 5.86. The summed E-state index contributed by atoms with van der Waals surface area (Å²) in [5.74, 6) is 1.08. The first-order chi connectivity index (χ1) is 13.0. The van der Waals surface area contributed by atoms with Crippen LogP contribution in [0.1, 0.15) is 78.2 Å². The zero-order valence-corrected chi connectivity index (χ0v) is 19.7. The van der Waals surface area contributed by atoms with E-state index in [2.05, 4.69) is 77.2 Å². The zero-order chi connectivity index (χ0) is 20.6. The predicted molar refractivity (Wildman–Crippen MR) is 120 cm³/mol. The molecule has 152 valence electrons. The van der Waals surface area contributed by atoms with Crippen LogP contribution in [-0.4, -0.2) is 8.32 Å². The fraction of sp³-hybridized carbons (Fsp3) is 0.640. The monoisotopic (exact) mass is 395 g/mol. The summed E-state index contributed by atoms with van der Waals surface area (Å²) in [6, 6.07) is 13.4. The van der Waals surface area contributed by atoms with Gasteiger partial charge in [-0.2, -0.15) is 5.26 Å². The van der Waals surface area contributed by atoms with Crippen LogP contribution in [0.2, 0.25) is 18.1 Å². The molecule has 2 nitrogen and oxygen atoms in total. The molecule has 0 bridgehead atoms. The molecule has 2 atom stereocenters. The summed E-state index contributed by atoms with van der Waals surface area (Å²) in [5, 5.41) is 10.4. The molecule has 2 fully saturated rings. The number of fused-ring (bicyclic) bond motifs is 1. The van der Waals surface area contributed by atoms with Crippen molar-refractivity contribution in [1.29, 1.82) is 5.26 Å². The van der Waals surface area contributed by atoms with E-state index in [0.29, 0.717) is 0 Å².